The van der Waals surface area contributed by atoms with Crippen LogP contribution in [0.2, 0.25) is 0 Å². The largest absolute Gasteiger partial charge is 0.353 e. The minimum absolute atomic E-state index is 0.0469. The molecule has 2 aliphatic carbocycles. The van der Waals surface area contributed by atoms with Gasteiger partial charge in [0.25, 0.3) is 0 Å². The van der Waals surface area contributed by atoms with Crippen molar-refractivity contribution in [2.75, 3.05) is 6.61 Å². The van der Waals surface area contributed by atoms with Crippen LogP contribution in [-0.2, 0) is 9.47 Å². The van der Waals surface area contributed by atoms with Gasteiger partial charge in [-0.15, -0.1) is 0 Å². The molecular weight excluding hydrogens is 248 g/mol. The Morgan fingerprint density at radius 3 is 2.50 bits per heavy atom. The summed E-state index contributed by atoms with van der Waals surface area (Å²) in [5, 5.41) is 0. The van der Waals surface area contributed by atoms with Gasteiger partial charge in [0, 0.05) is 12.5 Å². The van der Waals surface area contributed by atoms with Gasteiger partial charge in [0.1, 0.15) is 0 Å². The molecule has 2 heteroatoms. The Kier molecular flexibility index (Phi) is 4.42. The van der Waals surface area contributed by atoms with E-state index in [-0.39, 0.29) is 6.29 Å². The number of ether oxygens (including phenoxy) is 2. The van der Waals surface area contributed by atoms with E-state index in [2.05, 4.69) is 27.7 Å². The first-order chi connectivity index (χ1) is 9.61. The molecule has 1 saturated heterocycles. The van der Waals surface area contributed by atoms with Gasteiger partial charge in [0.15, 0.2) is 6.29 Å². The lowest BCUT2D eigenvalue weighted by Crippen LogP contribution is -2.52. The van der Waals surface area contributed by atoms with Crippen LogP contribution in [0.1, 0.15) is 59.8 Å². The Morgan fingerprint density at radius 1 is 1.00 bits per heavy atom. The monoisotopic (exact) mass is 280 g/mol. The van der Waals surface area contributed by atoms with Crippen LogP contribution in [-0.4, -0.2) is 19.0 Å². The van der Waals surface area contributed by atoms with Gasteiger partial charge in [-0.05, 0) is 55.8 Å². The predicted octanol–water partition coefficient (Wildman–Crippen LogP) is 4.48. The highest BCUT2D eigenvalue weighted by molar-refractivity contribution is 4.97. The first-order valence-corrected chi connectivity index (χ1v) is 8.88. The molecule has 3 rings (SSSR count). The maximum Gasteiger partial charge on any atom is 0.160 e. The zero-order valence-electron chi connectivity index (χ0n) is 13.7. The van der Waals surface area contributed by atoms with Gasteiger partial charge in [-0.3, -0.25) is 0 Å². The summed E-state index contributed by atoms with van der Waals surface area (Å²) in [5.74, 6) is 4.80. The van der Waals surface area contributed by atoms with E-state index in [0.717, 1.165) is 36.2 Å². The predicted molar refractivity (Wildman–Crippen MR) is 81.3 cm³/mol. The maximum absolute atomic E-state index is 6.46. The normalized spacial score (nSPS) is 52.2. The fourth-order valence-corrected chi connectivity index (χ4v) is 5.35. The maximum atomic E-state index is 6.46. The van der Waals surface area contributed by atoms with E-state index in [1.54, 1.807) is 0 Å². The third-order valence-corrected chi connectivity index (χ3v) is 6.48. The molecule has 6 unspecified atom stereocenters. The molecule has 0 bridgehead atoms. The summed E-state index contributed by atoms with van der Waals surface area (Å²) in [5.41, 5.74) is 0. The van der Waals surface area contributed by atoms with E-state index in [1.807, 2.05) is 0 Å². The molecule has 1 aliphatic heterocycles. The fraction of sp³-hybridized carbons (Fsp3) is 1.00. The first-order valence-electron chi connectivity index (χ1n) is 8.88. The van der Waals surface area contributed by atoms with Crippen molar-refractivity contribution in [3.63, 3.8) is 0 Å². The Balaban J connectivity index is 1.86. The van der Waals surface area contributed by atoms with E-state index < -0.39 is 0 Å². The Morgan fingerprint density at radius 2 is 1.75 bits per heavy atom. The third-order valence-electron chi connectivity index (χ3n) is 6.48. The number of rotatable bonds is 2. The van der Waals surface area contributed by atoms with Crippen LogP contribution in [0, 0.1) is 35.5 Å². The van der Waals surface area contributed by atoms with Gasteiger partial charge >= 0.3 is 0 Å². The fourth-order valence-electron chi connectivity index (χ4n) is 5.35. The molecule has 116 valence electrons. The summed E-state index contributed by atoms with van der Waals surface area (Å²) < 4.78 is 12.4. The molecule has 3 fully saturated rings. The standard InChI is InChI=1S/C18H32O2/c1-5-19-18-13(4)15-9-7-12(3)14-8-6-11(2)10-16(20-18)17(14)15/h11-18H,5-10H2,1-4H3/t11?,12?,13-,14?,15+,16?,17?,18?/m1/s1. The van der Waals surface area contributed by atoms with Crippen molar-refractivity contribution in [1.82, 2.24) is 0 Å². The lowest BCUT2D eigenvalue weighted by atomic mass is 9.60. The molecule has 0 amide bonds. The van der Waals surface area contributed by atoms with E-state index >= 15 is 0 Å². The summed E-state index contributed by atoms with van der Waals surface area (Å²) in [6.07, 6.45) is 7.38. The molecule has 20 heavy (non-hydrogen) atoms. The van der Waals surface area contributed by atoms with Crippen molar-refractivity contribution in [2.24, 2.45) is 35.5 Å². The smallest absolute Gasteiger partial charge is 0.160 e. The lowest BCUT2D eigenvalue weighted by Gasteiger charge is -2.52. The summed E-state index contributed by atoms with van der Waals surface area (Å²) in [6.45, 7) is 10.1. The number of hydrogen-bond acceptors (Lipinski definition) is 2. The topological polar surface area (TPSA) is 18.5 Å². The second kappa shape index (κ2) is 5.96. The van der Waals surface area contributed by atoms with Crippen LogP contribution in [0.15, 0.2) is 0 Å². The average Bonchev–Trinajstić information content (AvgIpc) is 2.58. The highest BCUT2D eigenvalue weighted by Gasteiger charge is 2.51. The molecule has 3 aliphatic rings. The van der Waals surface area contributed by atoms with Gasteiger partial charge in [-0.1, -0.05) is 33.6 Å². The molecule has 2 saturated carbocycles. The summed E-state index contributed by atoms with van der Waals surface area (Å²) in [6, 6.07) is 0. The summed E-state index contributed by atoms with van der Waals surface area (Å²) in [7, 11) is 0. The van der Waals surface area contributed by atoms with Crippen LogP contribution in [0.4, 0.5) is 0 Å². The first kappa shape index (κ1) is 14.8. The van der Waals surface area contributed by atoms with Gasteiger partial charge < -0.3 is 9.47 Å². The van der Waals surface area contributed by atoms with Gasteiger partial charge in [0.05, 0.1) is 6.10 Å². The van der Waals surface area contributed by atoms with Crippen molar-refractivity contribution in [3.05, 3.63) is 0 Å². The SMILES string of the molecule is CCOC1OC2CC(C)CCC3C(C)CC[C@H](C23)[C@H]1C. The second-order valence-electron chi connectivity index (χ2n) is 7.74. The molecule has 0 spiro atoms. The lowest BCUT2D eigenvalue weighted by molar-refractivity contribution is -0.266. The van der Waals surface area contributed by atoms with Gasteiger partial charge in [-0.2, -0.15) is 0 Å². The summed E-state index contributed by atoms with van der Waals surface area (Å²) >= 11 is 0. The van der Waals surface area contributed by atoms with Crippen LogP contribution in [0.5, 0.6) is 0 Å². The molecule has 2 nitrogen and oxygen atoms in total. The molecule has 0 aromatic heterocycles. The minimum atomic E-state index is 0.0469. The van der Waals surface area contributed by atoms with Crippen molar-refractivity contribution in [3.8, 4) is 0 Å². The highest BCUT2D eigenvalue weighted by Crippen LogP contribution is 2.53. The van der Waals surface area contributed by atoms with E-state index in [4.69, 9.17) is 9.47 Å². The molecule has 0 aromatic rings. The molecular formula is C18H32O2. The zero-order valence-corrected chi connectivity index (χ0v) is 13.7. The Bertz CT molecular complexity index is 329. The molecule has 0 radical (unpaired) electrons. The molecule has 8 atom stereocenters. The van der Waals surface area contributed by atoms with Gasteiger partial charge in [-0.25, -0.2) is 0 Å². The average molecular weight is 280 g/mol. The van der Waals surface area contributed by atoms with Crippen LogP contribution < -0.4 is 0 Å². The minimum Gasteiger partial charge on any atom is -0.353 e. The second-order valence-corrected chi connectivity index (χ2v) is 7.74. The van der Waals surface area contributed by atoms with Crippen molar-refractivity contribution >= 4 is 0 Å². The van der Waals surface area contributed by atoms with Gasteiger partial charge in [0.2, 0.25) is 0 Å². The highest BCUT2D eigenvalue weighted by atomic mass is 16.7. The quantitative estimate of drug-likeness (QED) is 0.742. The molecule has 0 N–H and O–H groups in total. The van der Waals surface area contributed by atoms with Crippen LogP contribution in [0.25, 0.3) is 0 Å². The van der Waals surface area contributed by atoms with E-state index in [1.165, 1.54) is 32.1 Å². The zero-order chi connectivity index (χ0) is 14.3. The van der Waals surface area contributed by atoms with Crippen molar-refractivity contribution in [1.29, 1.82) is 0 Å². The molecule has 1 heterocycles. The van der Waals surface area contributed by atoms with Crippen LogP contribution >= 0.6 is 0 Å². The number of hydrogen-bond donors (Lipinski definition) is 0. The Labute approximate surface area is 124 Å². The van der Waals surface area contributed by atoms with E-state index in [9.17, 15) is 0 Å². The molecule has 0 aromatic carbocycles. The van der Waals surface area contributed by atoms with E-state index in [0.29, 0.717) is 12.0 Å². The van der Waals surface area contributed by atoms with Crippen LogP contribution in [0.3, 0.4) is 0 Å². The van der Waals surface area contributed by atoms with Crippen molar-refractivity contribution < 1.29 is 9.47 Å². The third kappa shape index (κ3) is 2.54. The Hall–Kier alpha value is -0.0800. The van der Waals surface area contributed by atoms with Crippen molar-refractivity contribution in [2.45, 2.75) is 72.2 Å². The summed E-state index contributed by atoms with van der Waals surface area (Å²) in [4.78, 5) is 0.